The molecule has 2 aromatic heterocycles. The van der Waals surface area contributed by atoms with E-state index in [4.69, 9.17) is 0 Å². The molecule has 0 aromatic carbocycles. The van der Waals surface area contributed by atoms with Crippen LogP contribution in [0.15, 0.2) is 49.3 Å². The number of aromatic nitrogens is 3. The topological polar surface area (TPSA) is 53.6 Å². The number of hydrogen-bond donors (Lipinski definition) is 2. The molecule has 16 heavy (non-hydrogen) atoms. The third-order valence-corrected chi connectivity index (χ3v) is 1.93. The lowest BCUT2D eigenvalue weighted by molar-refractivity contribution is 0.857. The maximum absolute atomic E-state index is 3.78. The van der Waals surface area contributed by atoms with Crippen LogP contribution in [0.3, 0.4) is 0 Å². The van der Waals surface area contributed by atoms with Gasteiger partial charge in [-0.25, -0.2) is 4.98 Å². The number of H-pyrrole nitrogens is 1. The second-order valence-corrected chi connectivity index (χ2v) is 3.24. The summed E-state index contributed by atoms with van der Waals surface area (Å²) in [5.74, 6) is 0. The molecule has 3 rings (SSSR count). The van der Waals surface area contributed by atoms with E-state index in [1.807, 2.05) is 18.2 Å². The Bertz CT molecular complexity index is 251. The van der Waals surface area contributed by atoms with Crippen molar-refractivity contribution in [1.82, 2.24) is 20.3 Å². The van der Waals surface area contributed by atoms with Crippen molar-refractivity contribution in [1.29, 1.82) is 0 Å². The van der Waals surface area contributed by atoms with Crippen molar-refractivity contribution in [3.63, 3.8) is 0 Å². The van der Waals surface area contributed by atoms with Crippen molar-refractivity contribution in [3.05, 3.63) is 49.3 Å². The first kappa shape index (κ1) is 12.4. The van der Waals surface area contributed by atoms with Gasteiger partial charge >= 0.3 is 0 Å². The first-order chi connectivity index (χ1) is 8.00. The third kappa shape index (κ3) is 7.70. The van der Waals surface area contributed by atoms with E-state index in [1.54, 1.807) is 31.1 Å². The van der Waals surface area contributed by atoms with Crippen LogP contribution in [0.1, 0.15) is 12.8 Å². The number of aromatic amines is 1. The van der Waals surface area contributed by atoms with Gasteiger partial charge in [0.25, 0.3) is 0 Å². The Morgan fingerprint density at radius 3 is 1.75 bits per heavy atom. The van der Waals surface area contributed by atoms with Gasteiger partial charge in [0.05, 0.1) is 6.33 Å². The molecule has 4 nitrogen and oxygen atoms in total. The van der Waals surface area contributed by atoms with Crippen molar-refractivity contribution in [2.75, 3.05) is 13.1 Å². The highest BCUT2D eigenvalue weighted by Gasteiger charge is 1.93. The molecule has 0 atom stereocenters. The average molecular weight is 218 g/mol. The minimum Gasteiger partial charge on any atom is -0.351 e. The van der Waals surface area contributed by atoms with Gasteiger partial charge in [-0.15, -0.1) is 0 Å². The van der Waals surface area contributed by atoms with Crippen LogP contribution < -0.4 is 5.32 Å². The summed E-state index contributed by atoms with van der Waals surface area (Å²) in [6, 6.07) is 5.72. The largest absolute Gasteiger partial charge is 0.351 e. The minimum absolute atomic E-state index is 1.25. The van der Waals surface area contributed by atoms with Gasteiger partial charge in [-0.05, 0) is 38.1 Å². The van der Waals surface area contributed by atoms with E-state index < -0.39 is 0 Å². The SMILES string of the molecule is C1CCNC1.c1c[nH]cn1.c1ccncc1. The van der Waals surface area contributed by atoms with Crippen molar-refractivity contribution >= 4 is 0 Å². The highest BCUT2D eigenvalue weighted by atomic mass is 14.9. The van der Waals surface area contributed by atoms with Gasteiger partial charge in [-0.3, -0.25) is 4.98 Å². The zero-order valence-corrected chi connectivity index (χ0v) is 9.34. The van der Waals surface area contributed by atoms with Crippen LogP contribution in [0.2, 0.25) is 0 Å². The first-order valence-corrected chi connectivity index (χ1v) is 5.48. The van der Waals surface area contributed by atoms with E-state index >= 15 is 0 Å². The molecule has 1 aliphatic rings. The Balaban J connectivity index is 0.000000121. The number of rotatable bonds is 0. The molecule has 2 aromatic rings. The van der Waals surface area contributed by atoms with Crippen molar-refractivity contribution in [2.45, 2.75) is 12.8 Å². The summed E-state index contributed by atoms with van der Waals surface area (Å²) in [5, 5.41) is 3.22. The van der Waals surface area contributed by atoms with Gasteiger partial charge in [0, 0.05) is 24.8 Å². The average Bonchev–Trinajstić information content (AvgIpc) is 3.10. The van der Waals surface area contributed by atoms with Crippen LogP contribution >= 0.6 is 0 Å². The summed E-state index contributed by atoms with van der Waals surface area (Å²) in [7, 11) is 0. The number of hydrogen-bond acceptors (Lipinski definition) is 3. The normalized spacial score (nSPS) is 13.0. The first-order valence-electron chi connectivity index (χ1n) is 5.48. The molecule has 0 saturated carbocycles. The highest BCUT2D eigenvalue weighted by Crippen LogP contribution is 1.90. The molecule has 1 saturated heterocycles. The molecule has 1 fully saturated rings. The van der Waals surface area contributed by atoms with Crippen molar-refractivity contribution in [3.8, 4) is 0 Å². The van der Waals surface area contributed by atoms with Gasteiger partial charge < -0.3 is 10.3 Å². The van der Waals surface area contributed by atoms with Gasteiger partial charge in [0.2, 0.25) is 0 Å². The summed E-state index contributed by atoms with van der Waals surface area (Å²) >= 11 is 0. The predicted molar refractivity (Wildman–Crippen MR) is 64.9 cm³/mol. The van der Waals surface area contributed by atoms with E-state index in [0.29, 0.717) is 0 Å². The second-order valence-electron chi connectivity index (χ2n) is 3.24. The van der Waals surface area contributed by atoms with Gasteiger partial charge in [0.1, 0.15) is 0 Å². The van der Waals surface area contributed by atoms with E-state index in [2.05, 4.69) is 20.3 Å². The molecule has 0 amide bonds. The smallest absolute Gasteiger partial charge is 0.0919 e. The molecule has 1 aliphatic heterocycles. The van der Waals surface area contributed by atoms with Crippen molar-refractivity contribution in [2.24, 2.45) is 0 Å². The van der Waals surface area contributed by atoms with E-state index in [-0.39, 0.29) is 0 Å². The molecule has 0 bridgehead atoms. The molecule has 4 heteroatoms. The zero-order chi connectivity index (χ0) is 11.3. The van der Waals surface area contributed by atoms with Gasteiger partial charge in [-0.2, -0.15) is 0 Å². The summed E-state index contributed by atoms with van der Waals surface area (Å²) < 4.78 is 0. The number of pyridine rings is 1. The lowest BCUT2D eigenvalue weighted by atomic mass is 10.4. The molecule has 86 valence electrons. The summed E-state index contributed by atoms with van der Waals surface area (Å²) in [6.45, 7) is 2.50. The quantitative estimate of drug-likeness (QED) is 0.709. The lowest BCUT2D eigenvalue weighted by Gasteiger charge is -1.76. The number of nitrogens with one attached hydrogen (secondary N) is 2. The fraction of sp³-hybridized carbons (Fsp3) is 0.333. The Morgan fingerprint density at radius 2 is 1.56 bits per heavy atom. The summed E-state index contributed by atoms with van der Waals surface area (Å²) in [5.41, 5.74) is 0. The Hall–Kier alpha value is -1.68. The molecular weight excluding hydrogens is 200 g/mol. The third-order valence-electron chi connectivity index (χ3n) is 1.93. The van der Waals surface area contributed by atoms with Gasteiger partial charge in [-0.1, -0.05) is 6.07 Å². The Labute approximate surface area is 96.2 Å². The second kappa shape index (κ2) is 9.86. The minimum atomic E-state index is 1.25. The maximum Gasteiger partial charge on any atom is 0.0919 e. The van der Waals surface area contributed by atoms with Crippen LogP contribution in [0.25, 0.3) is 0 Å². The molecular formula is C12H18N4. The Morgan fingerprint density at radius 1 is 0.812 bits per heavy atom. The fourth-order valence-corrected chi connectivity index (χ4v) is 1.15. The van der Waals surface area contributed by atoms with Crippen LogP contribution in [0, 0.1) is 0 Å². The molecule has 0 aliphatic carbocycles. The maximum atomic E-state index is 3.78. The summed E-state index contributed by atoms with van der Waals surface area (Å²) in [4.78, 5) is 10.2. The van der Waals surface area contributed by atoms with Crippen LogP contribution in [0.4, 0.5) is 0 Å². The molecule has 0 radical (unpaired) electrons. The number of nitrogens with zero attached hydrogens (tertiary/aromatic N) is 2. The van der Waals surface area contributed by atoms with Crippen LogP contribution in [-0.2, 0) is 0 Å². The zero-order valence-electron chi connectivity index (χ0n) is 9.34. The molecule has 2 N–H and O–H groups in total. The van der Waals surface area contributed by atoms with Gasteiger partial charge in [0.15, 0.2) is 0 Å². The lowest BCUT2D eigenvalue weighted by Crippen LogP contribution is -2.03. The molecule has 3 heterocycles. The number of imidazole rings is 1. The monoisotopic (exact) mass is 218 g/mol. The fourth-order valence-electron chi connectivity index (χ4n) is 1.15. The van der Waals surface area contributed by atoms with Crippen LogP contribution in [-0.4, -0.2) is 28.0 Å². The summed E-state index contributed by atoms with van der Waals surface area (Å²) in [6.07, 6.45) is 11.4. The standard InChI is InChI=1S/C5H5N.C4H9N.C3H4N2/c1-2-4-6-5-3-1;1-2-4-5-3-1;1-2-5-3-4-1/h1-5H;5H,1-4H2;1-3H,(H,4,5). The molecule has 0 spiro atoms. The highest BCUT2D eigenvalue weighted by molar-refractivity contribution is 4.88. The van der Waals surface area contributed by atoms with E-state index in [0.717, 1.165) is 0 Å². The van der Waals surface area contributed by atoms with E-state index in [1.165, 1.54) is 25.9 Å². The van der Waals surface area contributed by atoms with Crippen LogP contribution in [0.5, 0.6) is 0 Å². The Kier molecular flexibility index (Phi) is 7.63. The van der Waals surface area contributed by atoms with E-state index in [9.17, 15) is 0 Å². The molecule has 0 unspecified atom stereocenters. The predicted octanol–water partition coefficient (Wildman–Crippen LogP) is 1.86. The van der Waals surface area contributed by atoms with Crippen molar-refractivity contribution < 1.29 is 0 Å².